The molecule has 0 bridgehead atoms. The van der Waals surface area contributed by atoms with Gasteiger partial charge in [-0.05, 0) is 38.1 Å². The van der Waals surface area contributed by atoms with Gasteiger partial charge in [0.25, 0.3) is 0 Å². The summed E-state index contributed by atoms with van der Waals surface area (Å²) >= 11 is 0. The fraction of sp³-hybridized carbons (Fsp3) is 0.462. The van der Waals surface area contributed by atoms with Crippen LogP contribution >= 0.6 is 0 Å². The van der Waals surface area contributed by atoms with Gasteiger partial charge >= 0.3 is 0 Å². The molecule has 1 unspecified atom stereocenters. The second-order valence-corrected chi connectivity index (χ2v) is 4.65. The van der Waals surface area contributed by atoms with Crippen LogP contribution in [-0.2, 0) is 0 Å². The average molecular weight is 231 g/mol. The lowest BCUT2D eigenvalue weighted by Crippen LogP contribution is -2.37. The highest BCUT2D eigenvalue weighted by Gasteiger charge is 2.17. The van der Waals surface area contributed by atoms with Crippen molar-refractivity contribution in [2.75, 3.05) is 24.5 Å². The minimum Gasteiger partial charge on any atom is -0.367 e. The number of fused-ring (bicyclic) bond motifs is 1. The van der Waals surface area contributed by atoms with Crippen molar-refractivity contribution in [3.8, 4) is 0 Å². The van der Waals surface area contributed by atoms with Crippen molar-refractivity contribution in [1.29, 1.82) is 0 Å². The van der Waals surface area contributed by atoms with Gasteiger partial charge in [0.1, 0.15) is 0 Å². The Morgan fingerprint density at radius 1 is 1.47 bits per heavy atom. The maximum Gasteiger partial charge on any atom is 0.166 e. The molecule has 0 amide bonds. The molecular formula is C13H17N3O. The van der Waals surface area contributed by atoms with E-state index in [1.165, 1.54) is 12.1 Å². The lowest BCUT2D eigenvalue weighted by molar-refractivity contribution is 0.456. The van der Waals surface area contributed by atoms with Crippen LogP contribution in [0.4, 0.5) is 5.69 Å². The summed E-state index contributed by atoms with van der Waals surface area (Å²) in [6.45, 7) is 5.51. The van der Waals surface area contributed by atoms with Crippen molar-refractivity contribution in [3.63, 3.8) is 0 Å². The van der Waals surface area contributed by atoms with Gasteiger partial charge in [-0.25, -0.2) is 0 Å². The summed E-state index contributed by atoms with van der Waals surface area (Å²) in [5, 5.41) is 8.35. The molecule has 0 spiro atoms. The molecule has 0 radical (unpaired) electrons. The van der Waals surface area contributed by atoms with Gasteiger partial charge < -0.3 is 14.7 Å². The Kier molecular flexibility index (Phi) is 2.73. The normalized spacial score (nSPS) is 21.7. The van der Waals surface area contributed by atoms with E-state index in [1.807, 2.05) is 6.07 Å². The first-order valence-electron chi connectivity index (χ1n) is 6.16. The van der Waals surface area contributed by atoms with Crippen molar-refractivity contribution in [3.05, 3.63) is 24.4 Å². The van der Waals surface area contributed by atoms with Gasteiger partial charge in [-0.15, -0.1) is 0 Å². The van der Waals surface area contributed by atoms with Gasteiger partial charge in [0, 0.05) is 30.2 Å². The molecule has 4 heteroatoms. The summed E-state index contributed by atoms with van der Waals surface area (Å²) in [5.41, 5.74) is 2.12. The molecule has 2 aromatic rings. The summed E-state index contributed by atoms with van der Waals surface area (Å²) in [5.74, 6) is 0. The summed E-state index contributed by atoms with van der Waals surface area (Å²) in [6, 6.07) is 6.81. The van der Waals surface area contributed by atoms with Crippen LogP contribution in [0.2, 0.25) is 0 Å². The molecule has 0 aliphatic carbocycles. The fourth-order valence-electron chi connectivity index (χ4n) is 2.44. The van der Waals surface area contributed by atoms with Crippen molar-refractivity contribution >= 4 is 16.7 Å². The van der Waals surface area contributed by atoms with E-state index in [4.69, 9.17) is 4.52 Å². The molecule has 3 rings (SSSR count). The van der Waals surface area contributed by atoms with Crippen molar-refractivity contribution in [2.45, 2.75) is 19.4 Å². The predicted octanol–water partition coefficient (Wildman–Crippen LogP) is 2.02. The highest BCUT2D eigenvalue weighted by molar-refractivity contribution is 5.80. The predicted molar refractivity (Wildman–Crippen MR) is 68.3 cm³/mol. The topological polar surface area (TPSA) is 41.3 Å². The van der Waals surface area contributed by atoms with Gasteiger partial charge in [-0.3, -0.25) is 0 Å². The Labute approximate surface area is 101 Å². The molecule has 1 fully saturated rings. The van der Waals surface area contributed by atoms with Crippen LogP contribution in [0.5, 0.6) is 0 Å². The summed E-state index contributed by atoms with van der Waals surface area (Å²) in [7, 11) is 0. The van der Waals surface area contributed by atoms with E-state index in [9.17, 15) is 0 Å². The highest BCUT2D eigenvalue weighted by Crippen LogP contribution is 2.24. The van der Waals surface area contributed by atoms with Crippen molar-refractivity contribution in [1.82, 2.24) is 10.5 Å². The molecule has 1 atom stereocenters. The number of hydrogen-bond donors (Lipinski definition) is 1. The van der Waals surface area contributed by atoms with Gasteiger partial charge in [0.05, 0.1) is 6.20 Å². The zero-order valence-corrected chi connectivity index (χ0v) is 10.0. The Balaban J connectivity index is 1.95. The largest absolute Gasteiger partial charge is 0.367 e. The molecule has 4 nitrogen and oxygen atoms in total. The maximum absolute atomic E-state index is 5.13. The van der Waals surface area contributed by atoms with Gasteiger partial charge in [-0.1, -0.05) is 5.16 Å². The molecular weight excluding hydrogens is 214 g/mol. The zero-order chi connectivity index (χ0) is 11.7. The van der Waals surface area contributed by atoms with E-state index in [2.05, 4.69) is 34.4 Å². The molecule has 1 aliphatic rings. The number of benzene rings is 1. The number of nitrogens with zero attached hydrogens (tertiary/aromatic N) is 2. The van der Waals surface area contributed by atoms with Crippen LogP contribution in [-0.4, -0.2) is 30.8 Å². The molecule has 17 heavy (non-hydrogen) atoms. The molecule has 1 aromatic carbocycles. The molecule has 90 valence electrons. The maximum atomic E-state index is 5.13. The smallest absolute Gasteiger partial charge is 0.166 e. The Bertz CT molecular complexity index is 508. The fourth-order valence-corrected chi connectivity index (χ4v) is 2.44. The number of aromatic nitrogens is 1. The Hall–Kier alpha value is -1.55. The van der Waals surface area contributed by atoms with Crippen molar-refractivity contribution < 1.29 is 4.52 Å². The zero-order valence-electron chi connectivity index (χ0n) is 10.0. The first kappa shape index (κ1) is 10.6. The van der Waals surface area contributed by atoms with E-state index in [0.29, 0.717) is 6.04 Å². The van der Waals surface area contributed by atoms with Crippen LogP contribution in [0, 0.1) is 0 Å². The quantitative estimate of drug-likeness (QED) is 0.815. The van der Waals surface area contributed by atoms with Crippen LogP contribution < -0.4 is 10.2 Å². The van der Waals surface area contributed by atoms with Crippen molar-refractivity contribution in [2.24, 2.45) is 0 Å². The van der Waals surface area contributed by atoms with E-state index < -0.39 is 0 Å². The molecule has 1 aliphatic heterocycles. The molecule has 1 N–H and O–H groups in total. The minimum atomic E-state index is 0.523. The second kappa shape index (κ2) is 4.37. The molecule has 2 heterocycles. The van der Waals surface area contributed by atoms with E-state index in [-0.39, 0.29) is 0 Å². The van der Waals surface area contributed by atoms with Gasteiger partial charge in [0.2, 0.25) is 0 Å². The van der Waals surface area contributed by atoms with Crippen LogP contribution in [0.25, 0.3) is 11.0 Å². The van der Waals surface area contributed by atoms with Crippen LogP contribution in [0.3, 0.4) is 0 Å². The highest BCUT2D eigenvalue weighted by atomic mass is 16.5. The molecule has 0 saturated carbocycles. The molecule has 1 aromatic heterocycles. The Morgan fingerprint density at radius 2 is 2.41 bits per heavy atom. The number of nitrogens with one attached hydrogen (secondary N) is 1. The SMILES string of the molecule is CC1CNCCCN1c1ccc2oncc2c1. The minimum absolute atomic E-state index is 0.523. The van der Waals surface area contributed by atoms with E-state index >= 15 is 0 Å². The van der Waals surface area contributed by atoms with Gasteiger partial charge in [-0.2, -0.15) is 0 Å². The summed E-state index contributed by atoms with van der Waals surface area (Å²) in [6.07, 6.45) is 2.96. The van der Waals surface area contributed by atoms with Gasteiger partial charge in [0.15, 0.2) is 5.58 Å². The first-order chi connectivity index (χ1) is 8.34. The first-order valence-corrected chi connectivity index (χ1v) is 6.16. The molecule has 1 saturated heterocycles. The second-order valence-electron chi connectivity index (χ2n) is 4.65. The number of anilines is 1. The summed E-state index contributed by atoms with van der Waals surface area (Å²) < 4.78 is 5.13. The lowest BCUT2D eigenvalue weighted by atomic mass is 10.2. The average Bonchev–Trinajstić information content (AvgIpc) is 2.70. The van der Waals surface area contributed by atoms with E-state index in [0.717, 1.165) is 30.6 Å². The number of rotatable bonds is 1. The summed E-state index contributed by atoms with van der Waals surface area (Å²) in [4.78, 5) is 2.45. The standard InChI is InChI=1S/C13H17N3O/c1-10-8-14-5-2-6-16(10)12-3-4-13-11(7-12)9-15-17-13/h3-4,7,9-10,14H,2,5-6,8H2,1H3. The third-order valence-electron chi connectivity index (χ3n) is 3.39. The third kappa shape index (κ3) is 2.00. The number of hydrogen-bond acceptors (Lipinski definition) is 4. The Morgan fingerprint density at radius 3 is 3.35 bits per heavy atom. The van der Waals surface area contributed by atoms with Crippen LogP contribution in [0.15, 0.2) is 28.9 Å². The van der Waals surface area contributed by atoms with Crippen LogP contribution in [0.1, 0.15) is 13.3 Å². The third-order valence-corrected chi connectivity index (χ3v) is 3.39. The van der Waals surface area contributed by atoms with E-state index in [1.54, 1.807) is 6.20 Å². The monoisotopic (exact) mass is 231 g/mol. The lowest BCUT2D eigenvalue weighted by Gasteiger charge is -2.29.